The molecule has 0 atom stereocenters. The zero-order valence-corrected chi connectivity index (χ0v) is 19.5. The van der Waals surface area contributed by atoms with Crippen molar-refractivity contribution in [2.75, 3.05) is 13.4 Å². The Hall–Kier alpha value is -3.67. The van der Waals surface area contributed by atoms with Crippen LogP contribution in [-0.2, 0) is 13.2 Å². The maximum Gasteiger partial charge on any atom is 0.251 e. The molecule has 3 aromatic carbocycles. The normalized spacial score (nSPS) is 11.9. The molecule has 3 aromatic rings. The summed E-state index contributed by atoms with van der Waals surface area (Å²) in [5.41, 5.74) is 5.76. The quantitative estimate of drug-likeness (QED) is 0.511. The molecule has 1 aliphatic rings. The predicted octanol–water partition coefficient (Wildman–Crippen LogP) is 5.25. The summed E-state index contributed by atoms with van der Waals surface area (Å²) in [4.78, 5) is 12.8. The van der Waals surface area contributed by atoms with E-state index in [9.17, 15) is 4.79 Å². The Kier molecular flexibility index (Phi) is 6.73. The van der Waals surface area contributed by atoms with E-state index in [4.69, 9.17) is 18.9 Å². The Morgan fingerprint density at radius 1 is 0.939 bits per heavy atom. The van der Waals surface area contributed by atoms with Gasteiger partial charge in [0.15, 0.2) is 11.5 Å². The second kappa shape index (κ2) is 9.86. The van der Waals surface area contributed by atoms with E-state index < -0.39 is 0 Å². The monoisotopic (exact) mass is 447 g/mol. The minimum atomic E-state index is -0.167. The topological polar surface area (TPSA) is 66.0 Å². The molecule has 1 amide bonds. The highest BCUT2D eigenvalue weighted by molar-refractivity contribution is 5.94. The summed E-state index contributed by atoms with van der Waals surface area (Å²) in [5.74, 6) is 2.81. The highest BCUT2D eigenvalue weighted by Crippen LogP contribution is 2.32. The molecular formula is C27H29NO5. The van der Waals surface area contributed by atoms with Crippen LogP contribution in [0.3, 0.4) is 0 Å². The Balaban J connectivity index is 1.47. The average molecular weight is 448 g/mol. The molecule has 172 valence electrons. The summed E-state index contributed by atoms with van der Waals surface area (Å²) in [6.45, 7) is 9.56. The maximum atomic E-state index is 12.8. The fraction of sp³-hybridized carbons (Fsp3) is 0.296. The average Bonchev–Trinajstić information content (AvgIpc) is 3.27. The lowest BCUT2D eigenvalue weighted by atomic mass is 10.1. The summed E-state index contributed by atoms with van der Waals surface area (Å²) in [6, 6.07) is 15.2. The van der Waals surface area contributed by atoms with Crippen LogP contribution in [0.1, 0.15) is 45.1 Å². The van der Waals surface area contributed by atoms with E-state index in [1.165, 1.54) is 5.56 Å². The standard InChI is InChI=1S/C27H29NO5/c1-5-30-23-9-7-21(13-22(23)15-31-25-11-17(2)10-18(3)19(25)4)27(29)28-14-20-6-8-24-26(12-20)33-16-32-24/h6-13H,5,14-16H2,1-4H3,(H,28,29). The Morgan fingerprint density at radius 3 is 2.58 bits per heavy atom. The van der Waals surface area contributed by atoms with Gasteiger partial charge in [-0.3, -0.25) is 4.79 Å². The molecule has 1 N–H and O–H groups in total. The van der Waals surface area contributed by atoms with E-state index in [0.717, 1.165) is 33.8 Å². The molecule has 1 heterocycles. The van der Waals surface area contributed by atoms with Crippen molar-refractivity contribution in [2.24, 2.45) is 0 Å². The summed E-state index contributed by atoms with van der Waals surface area (Å²) < 4.78 is 22.7. The fourth-order valence-electron chi connectivity index (χ4n) is 3.77. The number of hydrogen-bond donors (Lipinski definition) is 1. The molecule has 0 aromatic heterocycles. The van der Waals surface area contributed by atoms with E-state index in [0.29, 0.717) is 36.8 Å². The molecule has 6 nitrogen and oxygen atoms in total. The van der Waals surface area contributed by atoms with Crippen molar-refractivity contribution in [3.05, 3.63) is 81.9 Å². The molecule has 0 bridgehead atoms. The largest absolute Gasteiger partial charge is 0.493 e. The van der Waals surface area contributed by atoms with Gasteiger partial charge in [0.25, 0.3) is 5.91 Å². The van der Waals surface area contributed by atoms with Crippen molar-refractivity contribution in [1.82, 2.24) is 5.32 Å². The van der Waals surface area contributed by atoms with Crippen molar-refractivity contribution in [2.45, 2.75) is 40.8 Å². The molecule has 0 fully saturated rings. The third kappa shape index (κ3) is 5.22. The van der Waals surface area contributed by atoms with Crippen LogP contribution >= 0.6 is 0 Å². The van der Waals surface area contributed by atoms with Crippen LogP contribution in [0.25, 0.3) is 0 Å². The second-order valence-electron chi connectivity index (χ2n) is 8.12. The van der Waals surface area contributed by atoms with Crippen LogP contribution in [0.15, 0.2) is 48.5 Å². The number of carbonyl (C=O) groups is 1. The molecule has 4 rings (SSSR count). The van der Waals surface area contributed by atoms with Gasteiger partial charge in [-0.2, -0.15) is 0 Å². The third-order valence-corrected chi connectivity index (χ3v) is 5.66. The zero-order valence-electron chi connectivity index (χ0n) is 19.5. The Labute approximate surface area is 194 Å². The first-order valence-electron chi connectivity index (χ1n) is 11.1. The first-order valence-corrected chi connectivity index (χ1v) is 11.1. The number of benzene rings is 3. The Morgan fingerprint density at radius 2 is 1.76 bits per heavy atom. The molecule has 0 spiro atoms. The lowest BCUT2D eigenvalue weighted by Crippen LogP contribution is -2.23. The Bertz CT molecular complexity index is 1170. The number of ether oxygens (including phenoxy) is 4. The molecular weight excluding hydrogens is 418 g/mol. The predicted molar refractivity (Wildman–Crippen MR) is 126 cm³/mol. The summed E-state index contributed by atoms with van der Waals surface area (Å²) in [5, 5.41) is 2.97. The number of hydrogen-bond acceptors (Lipinski definition) is 5. The van der Waals surface area contributed by atoms with Gasteiger partial charge in [0.2, 0.25) is 6.79 Å². The van der Waals surface area contributed by atoms with E-state index in [1.807, 2.05) is 50.2 Å². The molecule has 0 radical (unpaired) electrons. The van der Waals surface area contributed by atoms with Gasteiger partial charge >= 0.3 is 0 Å². The zero-order chi connectivity index (χ0) is 23.4. The lowest BCUT2D eigenvalue weighted by Gasteiger charge is -2.16. The van der Waals surface area contributed by atoms with Gasteiger partial charge in [0, 0.05) is 17.7 Å². The number of aryl methyl sites for hydroxylation is 2. The highest BCUT2D eigenvalue weighted by Gasteiger charge is 2.15. The van der Waals surface area contributed by atoms with Crippen molar-refractivity contribution >= 4 is 5.91 Å². The number of rotatable bonds is 8. The number of amides is 1. The van der Waals surface area contributed by atoms with Crippen molar-refractivity contribution in [3.8, 4) is 23.0 Å². The first kappa shape index (κ1) is 22.5. The smallest absolute Gasteiger partial charge is 0.251 e. The van der Waals surface area contributed by atoms with Gasteiger partial charge in [-0.05, 0) is 86.3 Å². The lowest BCUT2D eigenvalue weighted by molar-refractivity contribution is 0.0950. The van der Waals surface area contributed by atoms with E-state index in [-0.39, 0.29) is 12.7 Å². The van der Waals surface area contributed by atoms with E-state index >= 15 is 0 Å². The number of nitrogens with one attached hydrogen (secondary N) is 1. The summed E-state index contributed by atoms with van der Waals surface area (Å²) in [6.07, 6.45) is 0. The van der Waals surface area contributed by atoms with Crippen LogP contribution in [0.2, 0.25) is 0 Å². The molecule has 0 saturated carbocycles. The van der Waals surface area contributed by atoms with Crippen LogP contribution < -0.4 is 24.3 Å². The van der Waals surface area contributed by atoms with Crippen molar-refractivity contribution < 1.29 is 23.7 Å². The van der Waals surface area contributed by atoms with Gasteiger partial charge in [-0.15, -0.1) is 0 Å². The maximum absolute atomic E-state index is 12.8. The molecule has 33 heavy (non-hydrogen) atoms. The fourth-order valence-corrected chi connectivity index (χ4v) is 3.77. The van der Waals surface area contributed by atoms with Gasteiger partial charge in [0.05, 0.1) is 6.61 Å². The second-order valence-corrected chi connectivity index (χ2v) is 8.12. The van der Waals surface area contributed by atoms with Crippen molar-refractivity contribution in [1.29, 1.82) is 0 Å². The van der Waals surface area contributed by atoms with Gasteiger partial charge in [-0.25, -0.2) is 0 Å². The molecule has 0 unspecified atom stereocenters. The van der Waals surface area contributed by atoms with Crippen LogP contribution in [0.5, 0.6) is 23.0 Å². The van der Waals surface area contributed by atoms with Crippen LogP contribution in [-0.4, -0.2) is 19.3 Å². The van der Waals surface area contributed by atoms with Gasteiger partial charge in [-0.1, -0.05) is 12.1 Å². The minimum absolute atomic E-state index is 0.167. The molecule has 6 heteroatoms. The molecule has 0 aliphatic carbocycles. The van der Waals surface area contributed by atoms with Crippen LogP contribution in [0.4, 0.5) is 0 Å². The summed E-state index contributed by atoms with van der Waals surface area (Å²) in [7, 11) is 0. The van der Waals surface area contributed by atoms with Crippen LogP contribution in [0, 0.1) is 20.8 Å². The molecule has 1 aliphatic heterocycles. The van der Waals surface area contributed by atoms with Gasteiger partial charge < -0.3 is 24.3 Å². The molecule has 0 saturated heterocycles. The first-order chi connectivity index (χ1) is 15.9. The number of fused-ring (bicyclic) bond motifs is 1. The van der Waals surface area contributed by atoms with E-state index in [2.05, 4.69) is 25.2 Å². The SMILES string of the molecule is CCOc1ccc(C(=O)NCc2ccc3c(c2)OCO3)cc1COc1cc(C)cc(C)c1C. The van der Waals surface area contributed by atoms with Gasteiger partial charge in [0.1, 0.15) is 18.1 Å². The number of carbonyl (C=O) groups excluding carboxylic acids is 1. The van der Waals surface area contributed by atoms with Crippen molar-refractivity contribution in [3.63, 3.8) is 0 Å². The summed E-state index contributed by atoms with van der Waals surface area (Å²) >= 11 is 0. The third-order valence-electron chi connectivity index (χ3n) is 5.66. The highest BCUT2D eigenvalue weighted by atomic mass is 16.7. The van der Waals surface area contributed by atoms with E-state index in [1.54, 1.807) is 6.07 Å². The minimum Gasteiger partial charge on any atom is -0.493 e.